The van der Waals surface area contributed by atoms with Gasteiger partial charge in [-0.25, -0.2) is 4.79 Å². The summed E-state index contributed by atoms with van der Waals surface area (Å²) in [6.45, 7) is 6.89. The fourth-order valence-electron chi connectivity index (χ4n) is 3.91. The summed E-state index contributed by atoms with van der Waals surface area (Å²) in [4.78, 5) is 39.7. The molecule has 4 N–H and O–H groups in total. The van der Waals surface area contributed by atoms with E-state index >= 15 is 0 Å². The molecule has 1 aliphatic heterocycles. The lowest BCUT2D eigenvalue weighted by Gasteiger charge is -2.44. The molecule has 1 saturated carbocycles. The molecule has 0 radical (unpaired) electrons. The van der Waals surface area contributed by atoms with Crippen LogP contribution in [0.15, 0.2) is 0 Å². The van der Waals surface area contributed by atoms with Gasteiger partial charge in [-0.1, -0.05) is 19.3 Å². The van der Waals surface area contributed by atoms with Gasteiger partial charge < -0.3 is 20.9 Å². The van der Waals surface area contributed by atoms with Crippen LogP contribution in [0, 0.1) is 0 Å². The van der Waals surface area contributed by atoms with Crippen LogP contribution in [0.25, 0.3) is 0 Å². The van der Waals surface area contributed by atoms with Crippen molar-refractivity contribution in [3.63, 3.8) is 0 Å². The van der Waals surface area contributed by atoms with Gasteiger partial charge in [-0.05, 0) is 40.0 Å². The van der Waals surface area contributed by atoms with Gasteiger partial charge in [0, 0.05) is 25.6 Å². The fraction of sp³-hybridized carbons (Fsp3) is 0.850. The quantitative estimate of drug-likeness (QED) is 0.630. The summed E-state index contributed by atoms with van der Waals surface area (Å²) in [7, 11) is 0. The lowest BCUT2D eigenvalue weighted by molar-refractivity contribution is -0.164. The Labute approximate surface area is 173 Å². The van der Waals surface area contributed by atoms with Crippen LogP contribution in [0.3, 0.4) is 0 Å². The summed E-state index contributed by atoms with van der Waals surface area (Å²) < 4.78 is 10.8. The number of ether oxygens (including phenoxy) is 2. The molecular formula is C20H36N4O5. The van der Waals surface area contributed by atoms with E-state index in [2.05, 4.69) is 4.90 Å². The van der Waals surface area contributed by atoms with Gasteiger partial charge in [0.05, 0.1) is 6.54 Å². The first kappa shape index (κ1) is 23.4. The molecule has 2 aliphatic rings. The zero-order valence-corrected chi connectivity index (χ0v) is 17.9. The normalized spacial score (nSPS) is 22.8. The minimum absolute atomic E-state index is 0.0198. The lowest BCUT2D eigenvalue weighted by Crippen LogP contribution is -2.60. The number of carbonyl (C=O) groups excluding carboxylic acids is 3. The van der Waals surface area contributed by atoms with Crippen molar-refractivity contribution in [3.8, 4) is 0 Å². The highest BCUT2D eigenvalue weighted by Crippen LogP contribution is 2.25. The monoisotopic (exact) mass is 412 g/mol. The molecule has 166 valence electrons. The highest BCUT2D eigenvalue weighted by Gasteiger charge is 2.36. The summed E-state index contributed by atoms with van der Waals surface area (Å²) in [6.07, 6.45) is 5.25. The van der Waals surface area contributed by atoms with Gasteiger partial charge in [-0.2, -0.15) is 0 Å². The van der Waals surface area contributed by atoms with E-state index < -0.39 is 35.8 Å². The summed E-state index contributed by atoms with van der Waals surface area (Å²) >= 11 is 0. The number of nitrogens with two attached hydrogens (primary N) is 2. The molecule has 9 nitrogen and oxygen atoms in total. The number of piperazine rings is 1. The van der Waals surface area contributed by atoms with Crippen molar-refractivity contribution >= 4 is 18.0 Å². The molecule has 1 heterocycles. The predicted molar refractivity (Wildman–Crippen MR) is 108 cm³/mol. The molecule has 0 aromatic heterocycles. The molecule has 2 amide bonds. The third-order valence-corrected chi connectivity index (χ3v) is 5.38. The summed E-state index contributed by atoms with van der Waals surface area (Å²) in [6, 6.07) is -1.14. The Balaban J connectivity index is 1.89. The first-order valence-electron chi connectivity index (χ1n) is 10.5. The van der Waals surface area contributed by atoms with Crippen LogP contribution in [0.4, 0.5) is 4.79 Å². The molecule has 2 rings (SSSR count). The molecular weight excluding hydrogens is 376 g/mol. The molecule has 1 saturated heterocycles. The van der Waals surface area contributed by atoms with Gasteiger partial charge in [0.2, 0.25) is 0 Å². The Morgan fingerprint density at radius 2 is 1.76 bits per heavy atom. The maximum atomic E-state index is 12.5. The van der Waals surface area contributed by atoms with E-state index in [9.17, 15) is 14.4 Å². The second kappa shape index (κ2) is 10.2. The highest BCUT2D eigenvalue weighted by atomic mass is 16.6. The van der Waals surface area contributed by atoms with E-state index in [1.165, 1.54) is 24.2 Å². The van der Waals surface area contributed by atoms with Crippen molar-refractivity contribution in [1.29, 1.82) is 0 Å². The van der Waals surface area contributed by atoms with Crippen molar-refractivity contribution in [2.45, 2.75) is 89.6 Å². The molecule has 2 atom stereocenters. The van der Waals surface area contributed by atoms with Crippen LogP contribution in [-0.2, 0) is 19.1 Å². The molecule has 29 heavy (non-hydrogen) atoms. The molecule has 0 bridgehead atoms. The van der Waals surface area contributed by atoms with Gasteiger partial charge in [0.25, 0.3) is 0 Å². The molecule has 1 aliphatic carbocycles. The van der Waals surface area contributed by atoms with E-state index in [1.807, 2.05) is 0 Å². The third kappa shape index (κ3) is 7.47. The Bertz CT molecular complexity index is 586. The number of carbonyl (C=O) groups is 3. The molecule has 9 heteroatoms. The maximum absolute atomic E-state index is 12.5. The Kier molecular flexibility index (Phi) is 8.27. The molecule has 0 aromatic carbocycles. The first-order chi connectivity index (χ1) is 13.6. The van der Waals surface area contributed by atoms with Crippen LogP contribution in [0.2, 0.25) is 0 Å². The van der Waals surface area contributed by atoms with E-state index in [4.69, 9.17) is 20.9 Å². The average Bonchev–Trinajstić information content (AvgIpc) is 2.65. The van der Waals surface area contributed by atoms with E-state index in [0.717, 1.165) is 12.8 Å². The summed E-state index contributed by atoms with van der Waals surface area (Å²) in [5.74, 6) is -1.06. The SMILES string of the molecule is CC(C)(C)OC(=O)CC[C@H](N)C(=O)OC1CN(C2CCCCC2)CCN1C(N)=O. The number of urea groups is 1. The zero-order chi connectivity index (χ0) is 21.6. The largest absolute Gasteiger partial charge is 0.460 e. The van der Waals surface area contributed by atoms with Crippen LogP contribution in [-0.4, -0.2) is 71.3 Å². The van der Waals surface area contributed by atoms with E-state index in [0.29, 0.717) is 25.7 Å². The number of esters is 2. The van der Waals surface area contributed by atoms with Gasteiger partial charge in [-0.3, -0.25) is 19.4 Å². The minimum atomic E-state index is -0.970. The summed E-state index contributed by atoms with van der Waals surface area (Å²) in [5, 5.41) is 0. The molecule has 2 fully saturated rings. The highest BCUT2D eigenvalue weighted by molar-refractivity contribution is 5.78. The molecule has 0 aromatic rings. The number of amides is 2. The second-order valence-corrected chi connectivity index (χ2v) is 8.94. The predicted octanol–water partition coefficient (Wildman–Crippen LogP) is 1.33. The number of primary amides is 1. The Morgan fingerprint density at radius 1 is 1.10 bits per heavy atom. The third-order valence-electron chi connectivity index (χ3n) is 5.38. The number of hydrogen-bond donors (Lipinski definition) is 2. The van der Waals surface area contributed by atoms with E-state index in [1.54, 1.807) is 20.8 Å². The summed E-state index contributed by atoms with van der Waals surface area (Å²) in [5.41, 5.74) is 10.8. The van der Waals surface area contributed by atoms with Gasteiger partial charge in [0.1, 0.15) is 11.6 Å². The first-order valence-corrected chi connectivity index (χ1v) is 10.5. The topological polar surface area (TPSA) is 128 Å². The van der Waals surface area contributed by atoms with E-state index in [-0.39, 0.29) is 12.8 Å². The van der Waals surface area contributed by atoms with Crippen molar-refractivity contribution < 1.29 is 23.9 Å². The standard InChI is InChI=1S/C20H36N4O5/c1-20(2,3)29-17(25)10-9-15(21)18(26)28-16-13-23(11-12-24(16)19(22)27)14-7-5-4-6-8-14/h14-16H,4-13,21H2,1-3H3,(H2,22,27)/t15-,16?/m0/s1. The average molecular weight is 413 g/mol. The fourth-order valence-corrected chi connectivity index (χ4v) is 3.91. The maximum Gasteiger partial charge on any atom is 0.324 e. The van der Waals surface area contributed by atoms with Gasteiger partial charge in [-0.15, -0.1) is 0 Å². The molecule has 1 unspecified atom stereocenters. The van der Waals surface area contributed by atoms with Crippen LogP contribution >= 0.6 is 0 Å². The van der Waals surface area contributed by atoms with Gasteiger partial charge >= 0.3 is 18.0 Å². The number of nitrogens with zero attached hydrogens (tertiary/aromatic N) is 2. The van der Waals surface area contributed by atoms with Gasteiger partial charge in [0.15, 0.2) is 6.23 Å². The minimum Gasteiger partial charge on any atom is -0.460 e. The van der Waals surface area contributed by atoms with Crippen molar-refractivity contribution in [2.24, 2.45) is 11.5 Å². The van der Waals surface area contributed by atoms with Crippen molar-refractivity contribution in [1.82, 2.24) is 9.80 Å². The van der Waals surface area contributed by atoms with Crippen LogP contribution in [0.5, 0.6) is 0 Å². The number of hydrogen-bond acceptors (Lipinski definition) is 7. The Morgan fingerprint density at radius 3 is 2.34 bits per heavy atom. The smallest absolute Gasteiger partial charge is 0.324 e. The van der Waals surface area contributed by atoms with Crippen LogP contribution in [0.1, 0.15) is 65.7 Å². The number of rotatable bonds is 6. The zero-order valence-electron chi connectivity index (χ0n) is 17.9. The van der Waals surface area contributed by atoms with Crippen molar-refractivity contribution in [2.75, 3.05) is 19.6 Å². The van der Waals surface area contributed by atoms with Crippen molar-refractivity contribution in [3.05, 3.63) is 0 Å². The Hall–Kier alpha value is -1.87. The van der Waals surface area contributed by atoms with Crippen LogP contribution < -0.4 is 11.5 Å². The molecule has 0 spiro atoms. The second-order valence-electron chi connectivity index (χ2n) is 8.94. The lowest BCUT2D eigenvalue weighted by atomic mass is 9.93.